The Morgan fingerprint density at radius 1 is 0.897 bits per heavy atom. The van der Waals surface area contributed by atoms with Crippen molar-refractivity contribution in [1.29, 1.82) is 0 Å². The van der Waals surface area contributed by atoms with Gasteiger partial charge in [0.2, 0.25) is 0 Å². The van der Waals surface area contributed by atoms with Gasteiger partial charge in [0.05, 0.1) is 18.8 Å². The fourth-order valence-electron chi connectivity index (χ4n) is 6.64. The molecule has 4 rings (SSSR count). The first-order valence-electron chi connectivity index (χ1n) is 10.8. The predicted octanol–water partition coefficient (Wildman–Crippen LogP) is 4.20. The van der Waals surface area contributed by atoms with Crippen LogP contribution in [0.1, 0.15) is 66.2 Å². The van der Waals surface area contributed by atoms with E-state index in [4.69, 9.17) is 9.47 Å². The van der Waals surface area contributed by atoms with Gasteiger partial charge in [-0.1, -0.05) is 27.0 Å². The lowest BCUT2D eigenvalue weighted by atomic mass is 9.38. The van der Waals surface area contributed by atoms with Crippen molar-refractivity contribution in [3.8, 4) is 0 Å². The van der Waals surface area contributed by atoms with Crippen molar-refractivity contribution >= 4 is 11.9 Å². The van der Waals surface area contributed by atoms with E-state index in [9.17, 15) is 14.7 Å². The topological polar surface area (TPSA) is 72.8 Å². The largest absolute Gasteiger partial charge is 0.462 e. The Balaban J connectivity index is 1.77. The van der Waals surface area contributed by atoms with E-state index in [-0.39, 0.29) is 34.6 Å². The van der Waals surface area contributed by atoms with E-state index in [0.717, 1.165) is 38.5 Å². The molecule has 5 nitrogen and oxygen atoms in total. The molecule has 0 aromatic carbocycles. The summed E-state index contributed by atoms with van der Waals surface area (Å²) in [7, 11) is 0. The standard InChI is InChI=1S/C24H36O5/c1-15(2)20(25)28-10-17(5)22-7-19-8-23(12-22,14-24(27,9-19)13-22)18(6)11-29-21(26)16(3)4/h17-19,27H,1,3,7-14H2,2,4-6H3. The molecule has 0 aliphatic heterocycles. The van der Waals surface area contributed by atoms with Crippen LogP contribution >= 0.6 is 0 Å². The third-order valence-corrected chi connectivity index (χ3v) is 7.84. The molecule has 4 aliphatic carbocycles. The van der Waals surface area contributed by atoms with Gasteiger partial charge in [-0.05, 0) is 81.0 Å². The summed E-state index contributed by atoms with van der Waals surface area (Å²) in [4.78, 5) is 23.8. The lowest BCUT2D eigenvalue weighted by molar-refractivity contribution is -0.233. The SMILES string of the molecule is C=C(C)C(=O)OCC(C)C12CC3CC(O)(C1)CC(C(C)COC(=O)C(=C)C)(C3)C2. The minimum absolute atomic E-state index is 0.0455. The monoisotopic (exact) mass is 404 g/mol. The summed E-state index contributed by atoms with van der Waals surface area (Å²) in [5, 5.41) is 11.4. The van der Waals surface area contributed by atoms with Crippen LogP contribution in [0.3, 0.4) is 0 Å². The molecule has 4 unspecified atom stereocenters. The van der Waals surface area contributed by atoms with Gasteiger partial charge in [0.15, 0.2) is 0 Å². The van der Waals surface area contributed by atoms with Gasteiger partial charge in [-0.2, -0.15) is 0 Å². The van der Waals surface area contributed by atoms with Crippen LogP contribution in [0.4, 0.5) is 0 Å². The molecule has 4 atom stereocenters. The van der Waals surface area contributed by atoms with Crippen LogP contribution in [0, 0.1) is 28.6 Å². The van der Waals surface area contributed by atoms with E-state index in [2.05, 4.69) is 27.0 Å². The first-order chi connectivity index (χ1) is 13.4. The summed E-state index contributed by atoms with van der Waals surface area (Å²) in [5.41, 5.74) is 0.0572. The molecule has 0 aromatic heterocycles. The second-order valence-corrected chi connectivity index (χ2v) is 10.5. The highest BCUT2D eigenvalue weighted by Gasteiger charge is 2.65. The first-order valence-corrected chi connectivity index (χ1v) is 10.8. The van der Waals surface area contributed by atoms with Gasteiger partial charge in [-0.25, -0.2) is 9.59 Å². The molecule has 0 amide bonds. The lowest BCUT2D eigenvalue weighted by Crippen LogP contribution is -2.64. The van der Waals surface area contributed by atoms with Crippen molar-refractivity contribution in [2.45, 2.75) is 71.8 Å². The predicted molar refractivity (Wildman–Crippen MR) is 111 cm³/mol. The van der Waals surface area contributed by atoms with Crippen LogP contribution < -0.4 is 0 Å². The van der Waals surface area contributed by atoms with Crippen LogP contribution in [-0.4, -0.2) is 35.9 Å². The van der Waals surface area contributed by atoms with E-state index < -0.39 is 5.60 Å². The van der Waals surface area contributed by atoms with Crippen molar-refractivity contribution in [3.05, 3.63) is 24.3 Å². The molecule has 0 aromatic rings. The molecule has 1 N–H and O–H groups in total. The Bertz CT molecular complexity index is 671. The van der Waals surface area contributed by atoms with Crippen molar-refractivity contribution in [2.24, 2.45) is 28.6 Å². The van der Waals surface area contributed by atoms with E-state index in [1.807, 2.05) is 0 Å². The van der Waals surface area contributed by atoms with Crippen molar-refractivity contribution in [3.63, 3.8) is 0 Å². The maximum Gasteiger partial charge on any atom is 0.333 e. The first kappa shape index (κ1) is 22.1. The Hall–Kier alpha value is -1.62. The van der Waals surface area contributed by atoms with E-state index in [1.165, 1.54) is 0 Å². The average Bonchev–Trinajstić information content (AvgIpc) is 2.61. The molecule has 4 saturated carbocycles. The normalized spacial score (nSPS) is 36.9. The Morgan fingerprint density at radius 3 is 1.66 bits per heavy atom. The summed E-state index contributed by atoms with van der Waals surface area (Å²) in [6.07, 6.45) is 5.51. The number of esters is 2. The summed E-state index contributed by atoms with van der Waals surface area (Å²) < 4.78 is 11.0. The van der Waals surface area contributed by atoms with Gasteiger partial charge in [0, 0.05) is 11.1 Å². The van der Waals surface area contributed by atoms with Crippen molar-refractivity contribution in [1.82, 2.24) is 0 Å². The number of hydrogen-bond acceptors (Lipinski definition) is 5. The molecule has 0 heterocycles. The van der Waals surface area contributed by atoms with Crippen LogP contribution in [0.2, 0.25) is 0 Å². The number of aliphatic hydroxyl groups is 1. The lowest BCUT2D eigenvalue weighted by Gasteiger charge is -2.68. The smallest absolute Gasteiger partial charge is 0.333 e. The fraction of sp³-hybridized carbons (Fsp3) is 0.750. The minimum Gasteiger partial charge on any atom is -0.462 e. The highest BCUT2D eigenvalue weighted by atomic mass is 16.5. The molecule has 4 fully saturated rings. The molecule has 29 heavy (non-hydrogen) atoms. The van der Waals surface area contributed by atoms with Gasteiger partial charge >= 0.3 is 11.9 Å². The number of rotatable bonds is 8. The molecule has 4 bridgehead atoms. The molecular formula is C24H36O5. The molecule has 0 saturated heterocycles. The van der Waals surface area contributed by atoms with Gasteiger partial charge in [0.1, 0.15) is 0 Å². The molecule has 0 spiro atoms. The highest BCUT2D eigenvalue weighted by Crippen LogP contribution is 2.70. The quantitative estimate of drug-likeness (QED) is 0.485. The summed E-state index contributed by atoms with van der Waals surface area (Å²) >= 11 is 0. The minimum atomic E-state index is -0.668. The number of carbonyl (C=O) groups excluding carboxylic acids is 2. The maximum atomic E-state index is 11.9. The number of ether oxygens (including phenoxy) is 2. The molecule has 162 valence electrons. The maximum absolute atomic E-state index is 11.9. The van der Waals surface area contributed by atoms with E-state index in [0.29, 0.717) is 30.3 Å². The average molecular weight is 405 g/mol. The van der Waals surface area contributed by atoms with E-state index >= 15 is 0 Å². The van der Waals surface area contributed by atoms with Gasteiger partial charge < -0.3 is 14.6 Å². The Labute approximate surface area is 174 Å². The summed E-state index contributed by atoms with van der Waals surface area (Å²) in [6.45, 7) is 15.6. The molecular weight excluding hydrogens is 368 g/mol. The van der Waals surface area contributed by atoms with E-state index in [1.54, 1.807) is 13.8 Å². The Kier molecular flexibility index (Phi) is 5.76. The second kappa shape index (κ2) is 7.57. The zero-order chi connectivity index (χ0) is 21.6. The van der Waals surface area contributed by atoms with Crippen LogP contribution in [0.25, 0.3) is 0 Å². The second-order valence-electron chi connectivity index (χ2n) is 10.5. The fourth-order valence-corrected chi connectivity index (χ4v) is 6.64. The number of carbonyl (C=O) groups is 2. The van der Waals surface area contributed by atoms with Crippen LogP contribution in [0.5, 0.6) is 0 Å². The van der Waals surface area contributed by atoms with Crippen molar-refractivity contribution in [2.75, 3.05) is 13.2 Å². The molecule has 0 radical (unpaired) electrons. The highest BCUT2D eigenvalue weighted by molar-refractivity contribution is 5.87. The zero-order valence-electron chi connectivity index (χ0n) is 18.4. The zero-order valence-corrected chi connectivity index (χ0v) is 18.4. The van der Waals surface area contributed by atoms with Crippen LogP contribution in [0.15, 0.2) is 24.3 Å². The van der Waals surface area contributed by atoms with Gasteiger partial charge in [0.25, 0.3) is 0 Å². The van der Waals surface area contributed by atoms with Gasteiger partial charge in [-0.15, -0.1) is 0 Å². The summed E-state index contributed by atoms with van der Waals surface area (Å²) in [6, 6.07) is 0. The molecule has 4 aliphatic rings. The van der Waals surface area contributed by atoms with Gasteiger partial charge in [-0.3, -0.25) is 0 Å². The third kappa shape index (κ3) is 4.16. The van der Waals surface area contributed by atoms with Crippen molar-refractivity contribution < 1.29 is 24.2 Å². The Morgan fingerprint density at radius 2 is 1.31 bits per heavy atom. The van der Waals surface area contributed by atoms with Crippen LogP contribution in [-0.2, 0) is 19.1 Å². The molecule has 5 heteroatoms. The summed E-state index contributed by atoms with van der Waals surface area (Å²) in [5.74, 6) is 0.0792. The number of hydrogen-bond donors (Lipinski definition) is 1. The third-order valence-electron chi connectivity index (χ3n) is 7.84.